The molecule has 0 bridgehead atoms. The maximum atomic E-state index is 12.6. The summed E-state index contributed by atoms with van der Waals surface area (Å²) in [6.45, 7) is 0.0668. The molecule has 1 heterocycles. The highest BCUT2D eigenvalue weighted by Gasteiger charge is 2.18. The molecule has 7 nitrogen and oxygen atoms in total. The maximum absolute atomic E-state index is 12.6. The molecule has 0 saturated carbocycles. The number of rotatable bonds is 6. The van der Waals surface area contributed by atoms with Crippen LogP contribution in [0.3, 0.4) is 0 Å². The Hall–Kier alpha value is -3.48. The third kappa shape index (κ3) is 3.72. The van der Waals surface area contributed by atoms with Crippen LogP contribution >= 0.6 is 0 Å². The molecule has 0 radical (unpaired) electrons. The molecule has 140 valence electrons. The van der Waals surface area contributed by atoms with Crippen LogP contribution in [0, 0.1) is 0 Å². The van der Waals surface area contributed by atoms with Crippen LogP contribution in [0.1, 0.15) is 15.9 Å². The second kappa shape index (κ2) is 7.82. The molecule has 3 aromatic rings. The Morgan fingerprint density at radius 3 is 2.33 bits per heavy atom. The van der Waals surface area contributed by atoms with E-state index in [9.17, 15) is 9.59 Å². The van der Waals surface area contributed by atoms with E-state index in [1.54, 1.807) is 37.4 Å². The first-order valence-electron chi connectivity index (χ1n) is 8.26. The van der Waals surface area contributed by atoms with Gasteiger partial charge in [0.2, 0.25) is 0 Å². The topological polar surface area (TPSA) is 89.7 Å². The number of carbonyl (C=O) groups excluding carboxylic acids is 1. The summed E-state index contributed by atoms with van der Waals surface area (Å²) in [6, 6.07) is 12.2. The molecule has 2 N–H and O–H groups in total. The van der Waals surface area contributed by atoms with Crippen LogP contribution in [0.4, 0.5) is 0 Å². The molecule has 1 aromatic heterocycles. The Balaban J connectivity index is 1.86. The predicted molar refractivity (Wildman–Crippen MR) is 102 cm³/mol. The van der Waals surface area contributed by atoms with Crippen LogP contribution in [0.25, 0.3) is 10.9 Å². The summed E-state index contributed by atoms with van der Waals surface area (Å²) < 4.78 is 15.6. The van der Waals surface area contributed by atoms with Gasteiger partial charge in [0.15, 0.2) is 0 Å². The molecular formula is C20H20N2O5. The van der Waals surface area contributed by atoms with Gasteiger partial charge in [0.25, 0.3) is 11.5 Å². The van der Waals surface area contributed by atoms with Gasteiger partial charge in [-0.3, -0.25) is 9.59 Å². The third-order valence-electron chi connectivity index (χ3n) is 4.22. The molecule has 0 aliphatic heterocycles. The number of carbonyl (C=O) groups is 1. The first-order chi connectivity index (χ1) is 13.1. The Kier molecular flexibility index (Phi) is 5.30. The van der Waals surface area contributed by atoms with E-state index >= 15 is 0 Å². The van der Waals surface area contributed by atoms with Gasteiger partial charge in [0, 0.05) is 18.2 Å². The van der Waals surface area contributed by atoms with E-state index in [0.717, 1.165) is 5.39 Å². The van der Waals surface area contributed by atoms with Gasteiger partial charge in [-0.2, -0.15) is 0 Å². The normalized spacial score (nSPS) is 10.5. The van der Waals surface area contributed by atoms with Crippen molar-refractivity contribution in [2.24, 2.45) is 0 Å². The average Bonchev–Trinajstić information content (AvgIpc) is 2.70. The van der Waals surface area contributed by atoms with E-state index in [1.165, 1.54) is 14.2 Å². The van der Waals surface area contributed by atoms with Crippen molar-refractivity contribution in [2.75, 3.05) is 21.3 Å². The number of hydrogen-bond donors (Lipinski definition) is 2. The molecule has 0 aliphatic rings. The molecule has 7 heteroatoms. The standard InChI is InChI=1S/C20H20N2O5/c1-25-14-8-7-12-9-13(19(23)22-15(12)10-14)11-21-20(24)18-16(26-2)5-4-6-17(18)27-3/h4-10H,11H2,1-3H3,(H,21,24)(H,22,23). The summed E-state index contributed by atoms with van der Waals surface area (Å²) in [5.41, 5.74) is 1.11. The summed E-state index contributed by atoms with van der Waals surface area (Å²) in [6.07, 6.45) is 0. The summed E-state index contributed by atoms with van der Waals surface area (Å²) in [7, 11) is 4.52. The molecule has 27 heavy (non-hydrogen) atoms. The molecule has 2 aromatic carbocycles. The van der Waals surface area contributed by atoms with Crippen LogP contribution in [-0.4, -0.2) is 32.2 Å². The second-order valence-corrected chi connectivity index (χ2v) is 5.80. The Bertz CT molecular complexity index is 1020. The Labute approximate surface area is 155 Å². The number of nitrogens with one attached hydrogen (secondary N) is 2. The minimum Gasteiger partial charge on any atom is -0.497 e. The van der Waals surface area contributed by atoms with Gasteiger partial charge in [-0.05, 0) is 35.7 Å². The molecule has 0 atom stereocenters. The first kappa shape index (κ1) is 18.3. The van der Waals surface area contributed by atoms with Gasteiger partial charge < -0.3 is 24.5 Å². The summed E-state index contributed by atoms with van der Waals surface area (Å²) in [5, 5.41) is 3.59. The molecule has 0 fully saturated rings. The summed E-state index contributed by atoms with van der Waals surface area (Å²) in [5.74, 6) is 1.05. The predicted octanol–water partition coefficient (Wildman–Crippen LogP) is 2.48. The molecule has 0 spiro atoms. The number of fused-ring (bicyclic) bond motifs is 1. The number of benzene rings is 2. The van der Waals surface area contributed by atoms with Gasteiger partial charge in [-0.25, -0.2) is 0 Å². The fourth-order valence-corrected chi connectivity index (χ4v) is 2.82. The highest BCUT2D eigenvalue weighted by Crippen LogP contribution is 2.28. The smallest absolute Gasteiger partial charge is 0.259 e. The quantitative estimate of drug-likeness (QED) is 0.698. The van der Waals surface area contributed by atoms with Gasteiger partial charge in [0.1, 0.15) is 22.8 Å². The summed E-state index contributed by atoms with van der Waals surface area (Å²) in [4.78, 5) is 27.8. The number of aromatic nitrogens is 1. The van der Waals surface area contributed by atoms with Gasteiger partial charge in [-0.15, -0.1) is 0 Å². The molecule has 0 saturated heterocycles. The Morgan fingerprint density at radius 2 is 1.70 bits per heavy atom. The van der Waals surface area contributed by atoms with E-state index < -0.39 is 5.91 Å². The van der Waals surface area contributed by atoms with Gasteiger partial charge >= 0.3 is 0 Å². The molecule has 1 amide bonds. The number of ether oxygens (including phenoxy) is 3. The SMILES string of the molecule is COc1ccc2cc(CNC(=O)c3c(OC)cccc3OC)c(=O)[nH]c2c1. The van der Waals surface area contributed by atoms with Crippen LogP contribution in [0.5, 0.6) is 17.2 Å². The molecule has 3 rings (SSSR count). The summed E-state index contributed by atoms with van der Waals surface area (Å²) >= 11 is 0. The lowest BCUT2D eigenvalue weighted by Crippen LogP contribution is -2.27. The fraction of sp³-hybridized carbons (Fsp3) is 0.200. The van der Waals surface area contributed by atoms with Crippen molar-refractivity contribution < 1.29 is 19.0 Å². The zero-order valence-electron chi connectivity index (χ0n) is 15.3. The van der Waals surface area contributed by atoms with E-state index in [0.29, 0.717) is 28.3 Å². The van der Waals surface area contributed by atoms with Crippen LogP contribution in [0.2, 0.25) is 0 Å². The lowest BCUT2D eigenvalue weighted by molar-refractivity contribution is 0.0944. The van der Waals surface area contributed by atoms with E-state index in [1.807, 2.05) is 12.1 Å². The van der Waals surface area contributed by atoms with Gasteiger partial charge in [-0.1, -0.05) is 6.07 Å². The minimum atomic E-state index is -0.390. The van der Waals surface area contributed by atoms with Crippen molar-refractivity contribution in [1.82, 2.24) is 10.3 Å². The average molecular weight is 368 g/mol. The number of hydrogen-bond acceptors (Lipinski definition) is 5. The van der Waals surface area contributed by atoms with Crippen molar-refractivity contribution >= 4 is 16.8 Å². The zero-order valence-corrected chi connectivity index (χ0v) is 15.3. The highest BCUT2D eigenvalue weighted by molar-refractivity contribution is 5.99. The molecule has 0 unspecified atom stereocenters. The van der Waals surface area contributed by atoms with Crippen LogP contribution < -0.4 is 25.1 Å². The van der Waals surface area contributed by atoms with Crippen molar-refractivity contribution in [3.8, 4) is 17.2 Å². The molecule has 0 aliphatic carbocycles. The number of methoxy groups -OCH3 is 3. The maximum Gasteiger partial charge on any atom is 0.259 e. The number of H-pyrrole nitrogens is 1. The monoisotopic (exact) mass is 368 g/mol. The molecular weight excluding hydrogens is 348 g/mol. The van der Waals surface area contributed by atoms with Crippen molar-refractivity contribution in [3.63, 3.8) is 0 Å². The van der Waals surface area contributed by atoms with Crippen molar-refractivity contribution in [2.45, 2.75) is 6.54 Å². The minimum absolute atomic E-state index is 0.0668. The van der Waals surface area contributed by atoms with Crippen molar-refractivity contribution in [1.29, 1.82) is 0 Å². The van der Waals surface area contributed by atoms with Crippen LogP contribution in [0.15, 0.2) is 47.3 Å². The zero-order chi connectivity index (χ0) is 19.4. The Morgan fingerprint density at radius 1 is 1.00 bits per heavy atom. The largest absolute Gasteiger partial charge is 0.497 e. The number of amides is 1. The number of aromatic amines is 1. The van der Waals surface area contributed by atoms with E-state index in [2.05, 4.69) is 10.3 Å². The van der Waals surface area contributed by atoms with E-state index in [4.69, 9.17) is 14.2 Å². The first-order valence-corrected chi connectivity index (χ1v) is 8.26. The van der Waals surface area contributed by atoms with Crippen LogP contribution in [-0.2, 0) is 6.54 Å². The lowest BCUT2D eigenvalue weighted by Gasteiger charge is -2.13. The highest BCUT2D eigenvalue weighted by atomic mass is 16.5. The van der Waals surface area contributed by atoms with Crippen molar-refractivity contribution in [3.05, 3.63) is 63.9 Å². The number of pyridine rings is 1. The second-order valence-electron chi connectivity index (χ2n) is 5.80. The lowest BCUT2D eigenvalue weighted by atomic mass is 10.1. The van der Waals surface area contributed by atoms with E-state index in [-0.39, 0.29) is 17.7 Å². The fourth-order valence-electron chi connectivity index (χ4n) is 2.82. The third-order valence-corrected chi connectivity index (χ3v) is 4.22. The van der Waals surface area contributed by atoms with Gasteiger partial charge in [0.05, 0.1) is 26.8 Å².